The van der Waals surface area contributed by atoms with Gasteiger partial charge in [-0.1, -0.05) is 17.7 Å². The molecule has 4 nitrogen and oxygen atoms in total. The summed E-state index contributed by atoms with van der Waals surface area (Å²) in [6.07, 6.45) is 0. The highest BCUT2D eigenvalue weighted by atomic mass is 16.5. The molecular formula is C16H25NO3. The van der Waals surface area contributed by atoms with Crippen LogP contribution in [0.4, 0.5) is 0 Å². The van der Waals surface area contributed by atoms with Crippen LogP contribution in [0.25, 0.3) is 0 Å². The molecule has 0 spiro atoms. The first kappa shape index (κ1) is 16.5. The molecule has 0 radical (unpaired) electrons. The molecule has 0 saturated carbocycles. The van der Waals surface area contributed by atoms with Gasteiger partial charge < -0.3 is 9.84 Å². The summed E-state index contributed by atoms with van der Waals surface area (Å²) in [6.45, 7) is 11.6. The van der Waals surface area contributed by atoms with Gasteiger partial charge in [0.15, 0.2) is 0 Å². The third-order valence-corrected chi connectivity index (χ3v) is 3.19. The second-order valence-corrected chi connectivity index (χ2v) is 5.95. The summed E-state index contributed by atoms with van der Waals surface area (Å²) < 4.78 is 5.81. The number of rotatable bonds is 6. The second-order valence-electron chi connectivity index (χ2n) is 5.95. The molecule has 1 aromatic rings. The molecular weight excluding hydrogens is 254 g/mol. The largest absolute Gasteiger partial charge is 0.490 e. The number of carboxylic acids is 1. The van der Waals surface area contributed by atoms with Gasteiger partial charge in [-0.3, -0.25) is 10.1 Å². The number of benzene rings is 1. The topological polar surface area (TPSA) is 58.6 Å². The van der Waals surface area contributed by atoms with Crippen molar-refractivity contribution in [3.05, 3.63) is 28.8 Å². The van der Waals surface area contributed by atoms with Crippen molar-refractivity contribution in [1.29, 1.82) is 0 Å². The van der Waals surface area contributed by atoms with Crippen LogP contribution in [0.2, 0.25) is 0 Å². The zero-order valence-electron chi connectivity index (χ0n) is 13.2. The van der Waals surface area contributed by atoms with Crippen LogP contribution < -0.4 is 10.1 Å². The van der Waals surface area contributed by atoms with Gasteiger partial charge in [0.05, 0.1) is 0 Å². The van der Waals surface area contributed by atoms with E-state index in [0.29, 0.717) is 0 Å². The van der Waals surface area contributed by atoms with Gasteiger partial charge in [0.1, 0.15) is 17.9 Å². The second kappa shape index (κ2) is 6.27. The molecule has 1 atom stereocenters. The maximum Gasteiger partial charge on any atom is 0.327 e. The molecule has 0 saturated heterocycles. The van der Waals surface area contributed by atoms with Gasteiger partial charge in [0, 0.05) is 6.04 Å². The predicted molar refractivity (Wildman–Crippen MR) is 80.5 cm³/mol. The third kappa shape index (κ3) is 3.97. The SMILES string of the molecule is Cc1cc(C)c(OCC(C)(NC(C)C)C(=O)O)c(C)c1. The molecule has 1 unspecified atom stereocenters. The minimum Gasteiger partial charge on any atom is -0.490 e. The van der Waals surface area contributed by atoms with Crippen molar-refractivity contribution in [3.8, 4) is 5.75 Å². The summed E-state index contributed by atoms with van der Waals surface area (Å²) in [5.41, 5.74) is 2.13. The number of aliphatic carboxylic acids is 1. The summed E-state index contributed by atoms with van der Waals surface area (Å²) in [4.78, 5) is 11.5. The Kier molecular flexibility index (Phi) is 5.17. The summed E-state index contributed by atoms with van der Waals surface area (Å²) >= 11 is 0. The number of aryl methyl sites for hydroxylation is 3. The van der Waals surface area contributed by atoms with Crippen molar-refractivity contribution in [3.63, 3.8) is 0 Å². The standard InChI is InChI=1S/C16H25NO3/c1-10(2)17-16(6,15(18)19)9-20-14-12(4)7-11(3)8-13(14)5/h7-8,10,17H,9H2,1-6H3,(H,18,19). The molecule has 0 aliphatic rings. The van der Waals surface area contributed by atoms with Crippen molar-refractivity contribution in [2.24, 2.45) is 0 Å². The van der Waals surface area contributed by atoms with Gasteiger partial charge in [0.25, 0.3) is 0 Å². The monoisotopic (exact) mass is 279 g/mol. The van der Waals surface area contributed by atoms with Crippen LogP contribution in [0.3, 0.4) is 0 Å². The summed E-state index contributed by atoms with van der Waals surface area (Å²) in [7, 11) is 0. The summed E-state index contributed by atoms with van der Waals surface area (Å²) in [5.74, 6) is -0.137. The van der Waals surface area contributed by atoms with E-state index in [2.05, 4.69) is 5.32 Å². The van der Waals surface area contributed by atoms with E-state index in [1.54, 1.807) is 6.92 Å². The number of ether oxygens (including phenoxy) is 1. The molecule has 112 valence electrons. The van der Waals surface area contributed by atoms with Crippen LogP contribution in [-0.4, -0.2) is 29.3 Å². The van der Waals surface area contributed by atoms with E-state index in [9.17, 15) is 9.90 Å². The van der Waals surface area contributed by atoms with Gasteiger partial charge in [0.2, 0.25) is 0 Å². The molecule has 2 N–H and O–H groups in total. The minimum absolute atomic E-state index is 0.0694. The fraction of sp³-hybridized carbons (Fsp3) is 0.562. The highest BCUT2D eigenvalue weighted by Gasteiger charge is 2.34. The zero-order chi connectivity index (χ0) is 15.5. The molecule has 0 amide bonds. The fourth-order valence-corrected chi connectivity index (χ4v) is 2.41. The maximum atomic E-state index is 11.5. The van der Waals surface area contributed by atoms with E-state index < -0.39 is 11.5 Å². The number of hydrogen-bond acceptors (Lipinski definition) is 3. The molecule has 0 aliphatic heterocycles. The number of carbonyl (C=O) groups is 1. The lowest BCUT2D eigenvalue weighted by molar-refractivity contribution is -0.145. The first-order chi connectivity index (χ1) is 9.15. The van der Waals surface area contributed by atoms with Gasteiger partial charge in [-0.15, -0.1) is 0 Å². The lowest BCUT2D eigenvalue weighted by Crippen LogP contribution is -2.56. The molecule has 20 heavy (non-hydrogen) atoms. The molecule has 0 fully saturated rings. The number of nitrogens with one attached hydrogen (secondary N) is 1. The van der Waals surface area contributed by atoms with E-state index in [1.807, 2.05) is 46.8 Å². The van der Waals surface area contributed by atoms with Crippen molar-refractivity contribution in [2.75, 3.05) is 6.61 Å². The minimum atomic E-state index is -1.10. The Balaban J connectivity index is 2.91. The normalized spacial score (nSPS) is 14.2. The van der Waals surface area contributed by atoms with Crippen LogP contribution in [0.1, 0.15) is 37.5 Å². The van der Waals surface area contributed by atoms with Gasteiger partial charge >= 0.3 is 5.97 Å². The van der Waals surface area contributed by atoms with Crippen molar-refractivity contribution in [2.45, 2.75) is 53.1 Å². The van der Waals surface area contributed by atoms with E-state index in [-0.39, 0.29) is 12.6 Å². The van der Waals surface area contributed by atoms with Crippen LogP contribution >= 0.6 is 0 Å². The van der Waals surface area contributed by atoms with E-state index in [1.165, 1.54) is 5.56 Å². The van der Waals surface area contributed by atoms with Gasteiger partial charge in [-0.25, -0.2) is 0 Å². The molecule has 4 heteroatoms. The number of hydrogen-bond donors (Lipinski definition) is 2. The Bertz CT molecular complexity index is 473. The fourth-order valence-electron chi connectivity index (χ4n) is 2.41. The average Bonchev–Trinajstić information content (AvgIpc) is 2.25. The van der Waals surface area contributed by atoms with E-state index >= 15 is 0 Å². The van der Waals surface area contributed by atoms with Crippen LogP contribution in [0, 0.1) is 20.8 Å². The first-order valence-corrected chi connectivity index (χ1v) is 6.87. The maximum absolute atomic E-state index is 11.5. The highest BCUT2D eigenvalue weighted by Crippen LogP contribution is 2.25. The zero-order valence-corrected chi connectivity index (χ0v) is 13.2. The molecule has 0 aliphatic carbocycles. The third-order valence-electron chi connectivity index (χ3n) is 3.19. The molecule has 1 rings (SSSR count). The number of carboxylic acid groups (broad SMARTS) is 1. The highest BCUT2D eigenvalue weighted by molar-refractivity contribution is 5.78. The Morgan fingerprint density at radius 1 is 1.30 bits per heavy atom. The van der Waals surface area contributed by atoms with E-state index in [0.717, 1.165) is 16.9 Å². The van der Waals surface area contributed by atoms with Crippen molar-refractivity contribution in [1.82, 2.24) is 5.32 Å². The Labute approximate surface area is 121 Å². The summed E-state index contributed by atoms with van der Waals surface area (Å²) in [5, 5.41) is 12.5. The molecule has 0 aromatic heterocycles. The average molecular weight is 279 g/mol. The smallest absolute Gasteiger partial charge is 0.327 e. The van der Waals surface area contributed by atoms with Crippen LogP contribution in [-0.2, 0) is 4.79 Å². The lowest BCUT2D eigenvalue weighted by atomic mass is 10.0. The first-order valence-electron chi connectivity index (χ1n) is 6.87. The predicted octanol–water partition coefficient (Wildman–Crippen LogP) is 2.83. The molecule has 0 heterocycles. The van der Waals surface area contributed by atoms with E-state index in [4.69, 9.17) is 4.74 Å². The van der Waals surface area contributed by atoms with Crippen LogP contribution in [0.5, 0.6) is 5.75 Å². The Morgan fingerprint density at radius 2 is 1.80 bits per heavy atom. The Hall–Kier alpha value is -1.55. The quantitative estimate of drug-likeness (QED) is 0.840. The molecule has 0 bridgehead atoms. The van der Waals surface area contributed by atoms with Crippen molar-refractivity contribution >= 4 is 5.97 Å². The van der Waals surface area contributed by atoms with Gasteiger partial charge in [-0.2, -0.15) is 0 Å². The Morgan fingerprint density at radius 3 is 2.20 bits per heavy atom. The van der Waals surface area contributed by atoms with Crippen molar-refractivity contribution < 1.29 is 14.6 Å². The molecule has 1 aromatic carbocycles. The van der Waals surface area contributed by atoms with Crippen LogP contribution in [0.15, 0.2) is 12.1 Å². The van der Waals surface area contributed by atoms with Gasteiger partial charge in [-0.05, 0) is 52.7 Å². The summed E-state index contributed by atoms with van der Waals surface area (Å²) in [6, 6.07) is 4.15. The lowest BCUT2D eigenvalue weighted by Gasteiger charge is -2.29.